The molecule has 0 saturated heterocycles. The maximum Gasteiger partial charge on any atom is 0.194 e. The van der Waals surface area contributed by atoms with Crippen LogP contribution in [0.3, 0.4) is 0 Å². The average molecular weight is 197 g/mol. The number of thiazole rings is 1. The predicted octanol–water partition coefficient (Wildman–Crippen LogP) is 1.53. The Labute approximate surface area is 80.0 Å². The normalized spacial score (nSPS) is 11.7. The van der Waals surface area contributed by atoms with Crippen LogP contribution in [0, 0.1) is 6.92 Å². The molecule has 0 radical (unpaired) electrons. The lowest BCUT2D eigenvalue weighted by Crippen LogP contribution is -2.13. The number of imidazole rings is 1. The smallest absolute Gasteiger partial charge is 0.194 e. The zero-order chi connectivity index (χ0) is 9.42. The summed E-state index contributed by atoms with van der Waals surface area (Å²) in [7, 11) is 1.63. The van der Waals surface area contributed by atoms with Crippen LogP contribution in [-0.2, 0) is 6.54 Å². The van der Waals surface area contributed by atoms with Crippen molar-refractivity contribution in [3.63, 3.8) is 0 Å². The Morgan fingerprint density at radius 2 is 2.46 bits per heavy atom. The summed E-state index contributed by atoms with van der Waals surface area (Å²) in [5.74, 6) is 0. The fourth-order valence-corrected chi connectivity index (χ4v) is 2.13. The van der Waals surface area contributed by atoms with Gasteiger partial charge in [-0.3, -0.25) is 4.40 Å². The molecule has 0 aliphatic carbocycles. The lowest BCUT2D eigenvalue weighted by atomic mass is 10.3. The highest BCUT2D eigenvalue weighted by Gasteiger charge is 2.09. The molecule has 0 atom stereocenters. The summed E-state index contributed by atoms with van der Waals surface area (Å²) >= 11 is 1.60. The van der Waals surface area contributed by atoms with E-state index in [2.05, 4.69) is 4.98 Å². The van der Waals surface area contributed by atoms with Crippen molar-refractivity contribution in [1.82, 2.24) is 14.4 Å². The van der Waals surface area contributed by atoms with E-state index in [0.717, 1.165) is 21.4 Å². The van der Waals surface area contributed by atoms with Crippen molar-refractivity contribution in [3.8, 4) is 0 Å². The maximum atomic E-state index is 9.14. The van der Waals surface area contributed by atoms with Gasteiger partial charge in [-0.2, -0.15) is 5.06 Å². The Morgan fingerprint density at radius 1 is 1.69 bits per heavy atom. The predicted molar refractivity (Wildman–Crippen MR) is 51.1 cm³/mol. The van der Waals surface area contributed by atoms with Gasteiger partial charge < -0.3 is 5.21 Å². The minimum atomic E-state index is 0.504. The lowest BCUT2D eigenvalue weighted by molar-refractivity contribution is -0.0743. The van der Waals surface area contributed by atoms with Gasteiger partial charge in [-0.15, -0.1) is 11.3 Å². The van der Waals surface area contributed by atoms with Gasteiger partial charge in [-0.1, -0.05) is 0 Å². The van der Waals surface area contributed by atoms with Crippen LogP contribution < -0.4 is 0 Å². The van der Waals surface area contributed by atoms with Crippen LogP contribution in [0.25, 0.3) is 4.96 Å². The monoisotopic (exact) mass is 197 g/mol. The topological polar surface area (TPSA) is 40.8 Å². The van der Waals surface area contributed by atoms with Gasteiger partial charge >= 0.3 is 0 Å². The molecule has 13 heavy (non-hydrogen) atoms. The van der Waals surface area contributed by atoms with Crippen LogP contribution in [0.1, 0.15) is 11.4 Å². The second kappa shape index (κ2) is 3.10. The number of hydrogen-bond acceptors (Lipinski definition) is 4. The van der Waals surface area contributed by atoms with E-state index in [-0.39, 0.29) is 0 Å². The van der Waals surface area contributed by atoms with Crippen LogP contribution in [0.15, 0.2) is 11.6 Å². The number of hydroxylamine groups is 2. The van der Waals surface area contributed by atoms with Gasteiger partial charge in [0, 0.05) is 18.6 Å². The molecule has 0 spiro atoms. The Morgan fingerprint density at radius 3 is 3.15 bits per heavy atom. The van der Waals surface area contributed by atoms with E-state index in [1.165, 1.54) is 0 Å². The summed E-state index contributed by atoms with van der Waals surface area (Å²) in [5, 5.41) is 12.3. The summed E-state index contributed by atoms with van der Waals surface area (Å²) in [6.07, 6.45) is 1.97. The van der Waals surface area contributed by atoms with Crippen LogP contribution in [0.2, 0.25) is 0 Å². The number of aromatic nitrogens is 2. The fourth-order valence-electron chi connectivity index (χ4n) is 1.35. The number of nitrogens with zero attached hydrogens (tertiary/aromatic N) is 3. The molecule has 2 aromatic rings. The molecule has 2 rings (SSSR count). The van der Waals surface area contributed by atoms with E-state index in [9.17, 15) is 0 Å². The summed E-state index contributed by atoms with van der Waals surface area (Å²) in [6, 6.07) is 0. The number of rotatable bonds is 2. The van der Waals surface area contributed by atoms with E-state index in [4.69, 9.17) is 5.21 Å². The van der Waals surface area contributed by atoms with Crippen LogP contribution in [0.5, 0.6) is 0 Å². The van der Waals surface area contributed by atoms with E-state index >= 15 is 0 Å². The summed E-state index contributed by atoms with van der Waals surface area (Å²) in [4.78, 5) is 5.35. The molecule has 0 aliphatic heterocycles. The second-order valence-electron chi connectivity index (χ2n) is 3.02. The molecule has 0 fully saturated rings. The minimum Gasteiger partial charge on any atom is -0.314 e. The van der Waals surface area contributed by atoms with Crippen LogP contribution in [-0.4, -0.2) is 26.7 Å². The third-order valence-electron chi connectivity index (χ3n) is 1.94. The lowest BCUT2D eigenvalue weighted by Gasteiger charge is -2.07. The van der Waals surface area contributed by atoms with Gasteiger partial charge in [0.15, 0.2) is 4.96 Å². The largest absolute Gasteiger partial charge is 0.314 e. The molecule has 4 nitrogen and oxygen atoms in total. The molecule has 0 bridgehead atoms. The Balaban J connectivity index is 2.51. The zero-order valence-electron chi connectivity index (χ0n) is 7.56. The van der Waals surface area contributed by atoms with E-state index in [0.29, 0.717) is 6.54 Å². The molecule has 0 saturated carbocycles. The summed E-state index contributed by atoms with van der Waals surface area (Å²) < 4.78 is 2.01. The second-order valence-corrected chi connectivity index (χ2v) is 3.89. The number of fused-ring (bicyclic) bond motifs is 1. The van der Waals surface area contributed by atoms with Crippen molar-refractivity contribution in [1.29, 1.82) is 0 Å². The van der Waals surface area contributed by atoms with Crippen LogP contribution in [0.4, 0.5) is 0 Å². The van der Waals surface area contributed by atoms with Crippen molar-refractivity contribution in [2.24, 2.45) is 0 Å². The third kappa shape index (κ3) is 1.46. The van der Waals surface area contributed by atoms with Crippen molar-refractivity contribution >= 4 is 16.3 Å². The van der Waals surface area contributed by atoms with Crippen molar-refractivity contribution in [3.05, 3.63) is 23.0 Å². The highest BCUT2D eigenvalue weighted by atomic mass is 32.1. The molecule has 0 aromatic carbocycles. The third-order valence-corrected chi connectivity index (χ3v) is 2.70. The number of aryl methyl sites for hydroxylation is 1. The quantitative estimate of drug-likeness (QED) is 0.742. The Hall–Kier alpha value is -0.910. The first-order valence-electron chi connectivity index (χ1n) is 3.99. The first-order chi connectivity index (χ1) is 6.18. The van der Waals surface area contributed by atoms with E-state index in [1.54, 1.807) is 18.4 Å². The molecule has 2 aromatic heterocycles. The molecule has 0 unspecified atom stereocenters. The molecule has 70 valence electrons. The van der Waals surface area contributed by atoms with Crippen molar-refractivity contribution < 1.29 is 5.21 Å². The van der Waals surface area contributed by atoms with Crippen LogP contribution >= 0.6 is 11.3 Å². The molecule has 1 N–H and O–H groups in total. The average Bonchev–Trinajstić information content (AvgIpc) is 2.55. The van der Waals surface area contributed by atoms with Crippen molar-refractivity contribution in [2.45, 2.75) is 13.5 Å². The Bertz CT molecular complexity index is 418. The SMILES string of the molecule is Cc1nc2sccn2c1CN(C)O. The highest BCUT2D eigenvalue weighted by molar-refractivity contribution is 7.15. The van der Waals surface area contributed by atoms with Gasteiger partial charge in [0.05, 0.1) is 17.9 Å². The number of hydrogen-bond donors (Lipinski definition) is 1. The fraction of sp³-hybridized carbons (Fsp3) is 0.375. The van der Waals surface area contributed by atoms with Gasteiger partial charge in [0.1, 0.15) is 0 Å². The zero-order valence-corrected chi connectivity index (χ0v) is 8.38. The maximum absolute atomic E-state index is 9.14. The first-order valence-corrected chi connectivity index (χ1v) is 4.87. The molecule has 2 heterocycles. The Kier molecular flexibility index (Phi) is 2.07. The molecule has 0 aliphatic rings. The molecular formula is C8H11N3OS. The standard InChI is InChI=1S/C8H11N3OS/c1-6-7(5-10(2)12)11-3-4-13-8(11)9-6/h3-4,12H,5H2,1-2H3. The van der Waals surface area contributed by atoms with Crippen molar-refractivity contribution in [2.75, 3.05) is 7.05 Å². The molecule has 0 amide bonds. The van der Waals surface area contributed by atoms with Gasteiger partial charge in [0.25, 0.3) is 0 Å². The first kappa shape index (κ1) is 8.68. The highest BCUT2D eigenvalue weighted by Crippen LogP contribution is 2.17. The van der Waals surface area contributed by atoms with Gasteiger partial charge in [-0.05, 0) is 6.92 Å². The van der Waals surface area contributed by atoms with E-state index in [1.807, 2.05) is 22.9 Å². The molecular weight excluding hydrogens is 186 g/mol. The van der Waals surface area contributed by atoms with Gasteiger partial charge in [-0.25, -0.2) is 4.98 Å². The summed E-state index contributed by atoms with van der Waals surface area (Å²) in [5.41, 5.74) is 2.02. The molecule has 5 heteroatoms. The minimum absolute atomic E-state index is 0.504. The summed E-state index contributed by atoms with van der Waals surface area (Å²) in [6.45, 7) is 2.46. The van der Waals surface area contributed by atoms with Gasteiger partial charge in [0.2, 0.25) is 0 Å². The van der Waals surface area contributed by atoms with E-state index < -0.39 is 0 Å².